The third kappa shape index (κ3) is 4.21. The molecule has 0 amide bonds. The maximum Gasteiger partial charge on any atom is 0.257 e. The first kappa shape index (κ1) is 23.0. The van der Waals surface area contributed by atoms with E-state index in [1.165, 1.54) is 16.1 Å². The van der Waals surface area contributed by atoms with Crippen LogP contribution in [0.2, 0.25) is 0 Å². The lowest BCUT2D eigenvalue weighted by Gasteiger charge is -2.18. The number of hydrogen-bond donors (Lipinski definition) is 0. The summed E-state index contributed by atoms with van der Waals surface area (Å²) in [5.41, 5.74) is 1.55. The van der Waals surface area contributed by atoms with Gasteiger partial charge in [0, 0.05) is 19.6 Å². The van der Waals surface area contributed by atoms with Crippen molar-refractivity contribution >= 4 is 44.2 Å². The monoisotopic (exact) mass is 491 g/mol. The van der Waals surface area contributed by atoms with Gasteiger partial charge in [-0.3, -0.25) is 0 Å². The minimum atomic E-state index is -3.54. The van der Waals surface area contributed by atoms with Crippen LogP contribution in [0.25, 0.3) is 21.8 Å². The number of imidazole rings is 1. The average molecular weight is 492 g/mol. The first-order chi connectivity index (χ1) is 15.4. The largest absolute Gasteiger partial charge is 0.419 e. The van der Waals surface area contributed by atoms with Crippen LogP contribution in [-0.4, -0.2) is 45.6 Å². The Kier molecular flexibility index (Phi) is 6.70. The Bertz CT molecular complexity index is 1310. The molecule has 0 spiro atoms. The second-order valence-electron chi connectivity index (χ2n) is 7.06. The van der Waals surface area contributed by atoms with E-state index in [0.717, 1.165) is 15.6 Å². The molecule has 0 saturated heterocycles. The number of benzene rings is 1. The second kappa shape index (κ2) is 9.34. The number of thiophene rings is 1. The number of aromatic nitrogens is 4. The van der Waals surface area contributed by atoms with Crippen LogP contribution in [0.15, 0.2) is 50.2 Å². The highest BCUT2D eigenvalue weighted by Crippen LogP contribution is 2.37. The van der Waals surface area contributed by atoms with Crippen molar-refractivity contribution in [3.8, 4) is 10.8 Å². The predicted molar refractivity (Wildman–Crippen MR) is 127 cm³/mol. The fourth-order valence-electron chi connectivity index (χ4n) is 3.46. The summed E-state index contributed by atoms with van der Waals surface area (Å²) in [6.07, 6.45) is 0. The summed E-state index contributed by atoms with van der Waals surface area (Å²) < 4.78 is 35.2. The van der Waals surface area contributed by atoms with Gasteiger partial charge in [-0.05, 0) is 43.5 Å². The molecule has 3 heterocycles. The number of fused-ring (bicyclic) bond motifs is 1. The molecule has 170 valence electrons. The molecule has 0 saturated carbocycles. The Morgan fingerprint density at radius 1 is 1.19 bits per heavy atom. The summed E-state index contributed by atoms with van der Waals surface area (Å²) in [5, 5.41) is 11.0. The highest BCUT2D eigenvalue weighted by atomic mass is 32.2. The smallest absolute Gasteiger partial charge is 0.257 e. The van der Waals surface area contributed by atoms with Gasteiger partial charge in [0.1, 0.15) is 0 Å². The minimum Gasteiger partial charge on any atom is -0.419 e. The van der Waals surface area contributed by atoms with Gasteiger partial charge in [-0.1, -0.05) is 31.7 Å². The van der Waals surface area contributed by atoms with Gasteiger partial charge in [0.25, 0.3) is 5.89 Å². The van der Waals surface area contributed by atoms with E-state index in [0.29, 0.717) is 36.9 Å². The number of nitrogens with zero attached hydrogens (tertiary/aromatic N) is 5. The van der Waals surface area contributed by atoms with E-state index in [1.807, 2.05) is 51.3 Å². The molecule has 0 fully saturated rings. The molecule has 0 aliphatic carbocycles. The Labute approximate surface area is 195 Å². The fourth-order valence-corrected chi connectivity index (χ4v) is 6.60. The standard InChI is InChI=1S/C21H25N5O3S3/c1-5-25(6-2)32(27,28)15-10-11-17-16(13-15)22-21(26(17)7-3)31-14(4)19-23-24-20(29-19)18-9-8-12-30-18/h8-14H,5-7H2,1-4H3. The Balaban J connectivity index is 1.64. The number of rotatable bonds is 9. The van der Waals surface area contributed by atoms with Gasteiger partial charge >= 0.3 is 0 Å². The van der Waals surface area contributed by atoms with Crippen LogP contribution in [0.3, 0.4) is 0 Å². The van der Waals surface area contributed by atoms with E-state index in [2.05, 4.69) is 14.8 Å². The molecule has 4 rings (SSSR count). The number of aryl methyl sites for hydroxylation is 1. The van der Waals surface area contributed by atoms with E-state index in [-0.39, 0.29) is 10.1 Å². The van der Waals surface area contributed by atoms with Gasteiger partial charge in [-0.2, -0.15) is 4.31 Å². The van der Waals surface area contributed by atoms with E-state index < -0.39 is 10.0 Å². The summed E-state index contributed by atoms with van der Waals surface area (Å²) in [6, 6.07) is 9.04. The lowest BCUT2D eigenvalue weighted by Crippen LogP contribution is -2.30. The molecule has 32 heavy (non-hydrogen) atoms. The molecule has 3 aromatic heterocycles. The minimum absolute atomic E-state index is 0.114. The van der Waals surface area contributed by atoms with Gasteiger partial charge < -0.3 is 8.98 Å². The van der Waals surface area contributed by atoms with E-state index in [4.69, 9.17) is 9.40 Å². The molecule has 0 N–H and O–H groups in total. The molecule has 0 aliphatic rings. The van der Waals surface area contributed by atoms with Crippen LogP contribution >= 0.6 is 23.1 Å². The highest BCUT2D eigenvalue weighted by molar-refractivity contribution is 7.99. The predicted octanol–water partition coefficient (Wildman–Crippen LogP) is 5.05. The summed E-state index contributed by atoms with van der Waals surface area (Å²) >= 11 is 3.06. The topological polar surface area (TPSA) is 94.1 Å². The van der Waals surface area contributed by atoms with Crippen LogP contribution in [-0.2, 0) is 16.6 Å². The maximum absolute atomic E-state index is 12.9. The van der Waals surface area contributed by atoms with Gasteiger partial charge in [-0.25, -0.2) is 13.4 Å². The van der Waals surface area contributed by atoms with E-state index >= 15 is 0 Å². The van der Waals surface area contributed by atoms with Crippen molar-refractivity contribution < 1.29 is 12.8 Å². The van der Waals surface area contributed by atoms with Crippen molar-refractivity contribution in [3.05, 3.63) is 41.6 Å². The average Bonchev–Trinajstić information content (AvgIpc) is 3.52. The van der Waals surface area contributed by atoms with Crippen LogP contribution in [0.4, 0.5) is 0 Å². The molecule has 0 radical (unpaired) electrons. The zero-order chi connectivity index (χ0) is 22.9. The zero-order valence-electron chi connectivity index (χ0n) is 18.3. The number of thioether (sulfide) groups is 1. The van der Waals surface area contributed by atoms with Crippen LogP contribution in [0, 0.1) is 0 Å². The van der Waals surface area contributed by atoms with Crippen molar-refractivity contribution in [3.63, 3.8) is 0 Å². The van der Waals surface area contributed by atoms with Crippen LogP contribution in [0.1, 0.15) is 38.8 Å². The first-order valence-corrected chi connectivity index (χ1v) is 13.6. The van der Waals surface area contributed by atoms with Crippen molar-refractivity contribution in [2.45, 2.75) is 49.5 Å². The van der Waals surface area contributed by atoms with E-state index in [9.17, 15) is 8.42 Å². The number of hydrogen-bond acceptors (Lipinski definition) is 8. The van der Waals surface area contributed by atoms with Gasteiger partial charge in [-0.15, -0.1) is 21.5 Å². The second-order valence-corrected chi connectivity index (χ2v) is 11.3. The molecule has 0 bridgehead atoms. The van der Waals surface area contributed by atoms with Crippen molar-refractivity contribution in [2.75, 3.05) is 13.1 Å². The third-order valence-electron chi connectivity index (χ3n) is 5.15. The van der Waals surface area contributed by atoms with Crippen LogP contribution < -0.4 is 0 Å². The molecular weight excluding hydrogens is 466 g/mol. The Hall–Kier alpha value is -2.21. The summed E-state index contributed by atoms with van der Waals surface area (Å²) in [7, 11) is -3.54. The van der Waals surface area contributed by atoms with Gasteiger partial charge in [0.05, 0.1) is 26.1 Å². The van der Waals surface area contributed by atoms with Crippen molar-refractivity contribution in [1.82, 2.24) is 24.1 Å². The summed E-state index contributed by atoms with van der Waals surface area (Å²) in [5.74, 6) is 1.04. The van der Waals surface area contributed by atoms with Crippen LogP contribution in [0.5, 0.6) is 0 Å². The molecule has 1 unspecified atom stereocenters. The molecule has 8 nitrogen and oxygen atoms in total. The van der Waals surface area contributed by atoms with E-state index in [1.54, 1.807) is 23.5 Å². The van der Waals surface area contributed by atoms with Gasteiger partial charge in [0.2, 0.25) is 15.9 Å². The quantitative estimate of drug-likeness (QED) is 0.302. The van der Waals surface area contributed by atoms with Crippen molar-refractivity contribution in [1.29, 1.82) is 0 Å². The van der Waals surface area contributed by atoms with Gasteiger partial charge in [0.15, 0.2) is 5.16 Å². The molecule has 1 aromatic carbocycles. The first-order valence-electron chi connectivity index (χ1n) is 10.4. The summed E-state index contributed by atoms with van der Waals surface area (Å²) in [6.45, 7) is 9.26. The Morgan fingerprint density at radius 3 is 2.62 bits per heavy atom. The lowest BCUT2D eigenvalue weighted by atomic mass is 10.3. The normalized spacial score (nSPS) is 13.3. The third-order valence-corrected chi connectivity index (χ3v) is 9.13. The molecule has 11 heteroatoms. The van der Waals surface area contributed by atoms with Crippen molar-refractivity contribution in [2.24, 2.45) is 0 Å². The summed E-state index contributed by atoms with van der Waals surface area (Å²) in [4.78, 5) is 5.94. The Morgan fingerprint density at radius 2 is 1.97 bits per heavy atom. The highest BCUT2D eigenvalue weighted by Gasteiger charge is 2.24. The zero-order valence-corrected chi connectivity index (χ0v) is 20.8. The molecule has 1 atom stereocenters. The molecular formula is C21H25N5O3S3. The lowest BCUT2D eigenvalue weighted by molar-refractivity contribution is 0.445. The molecule has 0 aliphatic heterocycles. The number of sulfonamides is 1. The molecule has 4 aromatic rings. The maximum atomic E-state index is 12.9. The SMILES string of the molecule is CCN(CC)S(=O)(=O)c1ccc2c(c1)nc(SC(C)c1nnc(-c3cccs3)o1)n2CC. The fraction of sp³-hybridized carbons (Fsp3) is 0.381.